The zero-order valence-corrected chi connectivity index (χ0v) is 12.2. The van der Waals surface area contributed by atoms with Gasteiger partial charge in [0.1, 0.15) is 5.82 Å². The average Bonchev–Trinajstić information content (AvgIpc) is 2.78. The zero-order valence-electron chi connectivity index (χ0n) is 11.4. The summed E-state index contributed by atoms with van der Waals surface area (Å²) in [5, 5.41) is -0.0736. The Morgan fingerprint density at radius 2 is 2.11 bits per heavy atom. The molecule has 3 rings (SSSR count). The van der Waals surface area contributed by atoms with Crippen LogP contribution in [0.5, 0.6) is 0 Å². The van der Waals surface area contributed by atoms with Crippen molar-refractivity contribution in [2.45, 2.75) is 38.1 Å². The van der Waals surface area contributed by atoms with E-state index < -0.39 is 0 Å². The number of aromatic nitrogens is 2. The van der Waals surface area contributed by atoms with Gasteiger partial charge in [0.2, 0.25) is 0 Å². The van der Waals surface area contributed by atoms with Gasteiger partial charge in [0, 0.05) is 19.3 Å². The summed E-state index contributed by atoms with van der Waals surface area (Å²) in [4.78, 5) is 4.74. The Hall–Kier alpha value is -1.06. The minimum atomic E-state index is -0.0736. The van der Waals surface area contributed by atoms with Crippen LogP contribution in [0.15, 0.2) is 18.2 Å². The maximum atomic E-state index is 6.32. The van der Waals surface area contributed by atoms with Crippen LogP contribution in [0.25, 0.3) is 11.0 Å². The Labute approximate surface area is 118 Å². The zero-order chi connectivity index (χ0) is 13.4. The summed E-state index contributed by atoms with van der Waals surface area (Å²) in [6.07, 6.45) is 2.08. The van der Waals surface area contributed by atoms with Gasteiger partial charge in [-0.3, -0.25) is 0 Å². The van der Waals surface area contributed by atoms with Crippen LogP contribution in [0.4, 0.5) is 0 Å². The lowest BCUT2D eigenvalue weighted by atomic mass is 10.1. The average molecular weight is 279 g/mol. The molecular formula is C15H19ClN2O. The molecule has 3 nitrogen and oxygen atoms in total. The predicted molar refractivity (Wildman–Crippen MR) is 77.8 cm³/mol. The minimum absolute atomic E-state index is 0.0736. The molecule has 1 aliphatic rings. The highest BCUT2D eigenvalue weighted by Crippen LogP contribution is 2.32. The number of alkyl halides is 1. The molecule has 0 spiro atoms. The van der Waals surface area contributed by atoms with Crippen molar-refractivity contribution in [3.63, 3.8) is 0 Å². The SMILES string of the molecule is Cc1ccc2c(c1)nc(C(C)Cl)n2C1CCOCC1. The fraction of sp³-hybridized carbons (Fsp3) is 0.533. The second-order valence-electron chi connectivity index (χ2n) is 5.29. The summed E-state index contributed by atoms with van der Waals surface area (Å²) in [5.41, 5.74) is 3.48. The van der Waals surface area contributed by atoms with Gasteiger partial charge in [-0.1, -0.05) is 6.07 Å². The van der Waals surface area contributed by atoms with Crippen molar-refractivity contribution < 1.29 is 4.74 Å². The molecule has 4 heteroatoms. The molecule has 1 atom stereocenters. The molecule has 0 aliphatic carbocycles. The number of benzene rings is 1. The number of halogens is 1. The van der Waals surface area contributed by atoms with E-state index in [1.54, 1.807) is 0 Å². The molecule has 2 aromatic rings. The Morgan fingerprint density at radius 1 is 1.37 bits per heavy atom. The number of hydrogen-bond donors (Lipinski definition) is 0. The molecule has 1 aromatic heterocycles. The fourth-order valence-electron chi connectivity index (χ4n) is 2.84. The monoisotopic (exact) mass is 278 g/mol. The van der Waals surface area contributed by atoms with Crippen molar-refractivity contribution in [2.24, 2.45) is 0 Å². The second kappa shape index (κ2) is 5.14. The summed E-state index contributed by atoms with van der Waals surface area (Å²) in [5.74, 6) is 0.981. The first-order chi connectivity index (χ1) is 9.16. The number of ether oxygens (including phenoxy) is 1. The molecule has 0 saturated carbocycles. The molecule has 2 heterocycles. The van der Waals surface area contributed by atoms with Crippen LogP contribution in [0.2, 0.25) is 0 Å². The van der Waals surface area contributed by atoms with E-state index in [0.717, 1.165) is 37.4 Å². The minimum Gasteiger partial charge on any atom is -0.381 e. The van der Waals surface area contributed by atoms with E-state index >= 15 is 0 Å². The summed E-state index contributed by atoms with van der Waals surface area (Å²) in [7, 11) is 0. The highest BCUT2D eigenvalue weighted by Gasteiger charge is 2.23. The van der Waals surface area contributed by atoms with Crippen LogP contribution in [-0.2, 0) is 4.74 Å². The smallest absolute Gasteiger partial charge is 0.127 e. The Kier molecular flexibility index (Phi) is 3.50. The number of aryl methyl sites for hydroxylation is 1. The van der Waals surface area contributed by atoms with E-state index in [4.69, 9.17) is 21.3 Å². The molecular weight excluding hydrogens is 260 g/mol. The summed E-state index contributed by atoms with van der Waals surface area (Å²) in [6.45, 7) is 5.74. The van der Waals surface area contributed by atoms with Gasteiger partial charge in [0.05, 0.1) is 16.4 Å². The lowest BCUT2D eigenvalue weighted by Crippen LogP contribution is -2.21. The summed E-state index contributed by atoms with van der Waals surface area (Å²) >= 11 is 6.32. The van der Waals surface area contributed by atoms with Gasteiger partial charge in [-0.25, -0.2) is 4.98 Å². The first kappa shape index (κ1) is 12.9. The van der Waals surface area contributed by atoms with Crippen molar-refractivity contribution >= 4 is 22.6 Å². The number of rotatable bonds is 2. The standard InChI is InChI=1S/C15H19ClN2O/c1-10-3-4-14-13(9-10)17-15(11(2)16)18(14)12-5-7-19-8-6-12/h3-4,9,11-12H,5-8H2,1-2H3. The quantitative estimate of drug-likeness (QED) is 0.777. The number of imidazole rings is 1. The van der Waals surface area contributed by atoms with E-state index in [1.807, 2.05) is 6.92 Å². The highest BCUT2D eigenvalue weighted by molar-refractivity contribution is 6.20. The van der Waals surface area contributed by atoms with Crippen LogP contribution in [0, 0.1) is 6.92 Å². The van der Waals surface area contributed by atoms with Crippen molar-refractivity contribution in [1.82, 2.24) is 9.55 Å². The first-order valence-corrected chi connectivity index (χ1v) is 7.31. The van der Waals surface area contributed by atoms with Crippen LogP contribution in [0.1, 0.15) is 42.6 Å². The molecule has 0 amide bonds. The number of nitrogens with zero attached hydrogens (tertiary/aromatic N) is 2. The molecule has 0 radical (unpaired) electrons. The Balaban J connectivity index is 2.15. The summed E-state index contributed by atoms with van der Waals surface area (Å²) < 4.78 is 7.79. The Morgan fingerprint density at radius 3 is 2.79 bits per heavy atom. The lowest BCUT2D eigenvalue weighted by Gasteiger charge is -2.26. The van der Waals surface area contributed by atoms with Crippen LogP contribution < -0.4 is 0 Å². The van der Waals surface area contributed by atoms with Crippen molar-refractivity contribution in [3.05, 3.63) is 29.6 Å². The topological polar surface area (TPSA) is 27.1 Å². The summed E-state index contributed by atoms with van der Waals surface area (Å²) in [6, 6.07) is 6.89. The third kappa shape index (κ3) is 2.37. The molecule has 1 aliphatic heterocycles. The van der Waals surface area contributed by atoms with Gasteiger partial charge in [-0.15, -0.1) is 11.6 Å². The third-order valence-corrected chi connectivity index (χ3v) is 3.98. The molecule has 102 valence electrons. The van der Waals surface area contributed by atoms with Gasteiger partial charge in [0.15, 0.2) is 0 Å². The van der Waals surface area contributed by atoms with E-state index in [0.29, 0.717) is 6.04 Å². The van der Waals surface area contributed by atoms with Gasteiger partial charge in [-0.05, 0) is 44.4 Å². The maximum Gasteiger partial charge on any atom is 0.127 e. The molecule has 0 N–H and O–H groups in total. The number of fused-ring (bicyclic) bond motifs is 1. The predicted octanol–water partition coefficient (Wildman–Crippen LogP) is 4.00. The molecule has 1 aromatic carbocycles. The highest BCUT2D eigenvalue weighted by atomic mass is 35.5. The van der Waals surface area contributed by atoms with Gasteiger partial charge < -0.3 is 9.30 Å². The number of hydrogen-bond acceptors (Lipinski definition) is 2. The fourth-order valence-corrected chi connectivity index (χ4v) is 2.99. The Bertz CT molecular complexity index is 585. The molecule has 19 heavy (non-hydrogen) atoms. The van der Waals surface area contributed by atoms with Gasteiger partial charge >= 0.3 is 0 Å². The largest absolute Gasteiger partial charge is 0.381 e. The van der Waals surface area contributed by atoms with E-state index in [-0.39, 0.29) is 5.38 Å². The molecule has 1 saturated heterocycles. The van der Waals surface area contributed by atoms with Crippen molar-refractivity contribution in [3.8, 4) is 0 Å². The van der Waals surface area contributed by atoms with Crippen LogP contribution in [0.3, 0.4) is 0 Å². The van der Waals surface area contributed by atoms with Crippen molar-refractivity contribution in [2.75, 3.05) is 13.2 Å². The van der Waals surface area contributed by atoms with E-state index in [9.17, 15) is 0 Å². The first-order valence-electron chi connectivity index (χ1n) is 6.87. The van der Waals surface area contributed by atoms with E-state index in [2.05, 4.69) is 29.7 Å². The maximum absolute atomic E-state index is 6.32. The molecule has 1 fully saturated rings. The van der Waals surface area contributed by atoms with Crippen LogP contribution in [-0.4, -0.2) is 22.8 Å². The molecule has 0 bridgehead atoms. The normalized spacial score (nSPS) is 18.9. The lowest BCUT2D eigenvalue weighted by molar-refractivity contribution is 0.0698. The van der Waals surface area contributed by atoms with Gasteiger partial charge in [0.25, 0.3) is 0 Å². The third-order valence-electron chi connectivity index (χ3n) is 3.78. The van der Waals surface area contributed by atoms with Crippen molar-refractivity contribution in [1.29, 1.82) is 0 Å². The van der Waals surface area contributed by atoms with E-state index in [1.165, 1.54) is 11.1 Å². The van der Waals surface area contributed by atoms with Gasteiger partial charge in [-0.2, -0.15) is 0 Å². The van der Waals surface area contributed by atoms with Crippen LogP contribution >= 0.6 is 11.6 Å². The molecule has 1 unspecified atom stereocenters. The second-order valence-corrected chi connectivity index (χ2v) is 5.95.